The van der Waals surface area contributed by atoms with Crippen LogP contribution >= 0.6 is 0 Å². The van der Waals surface area contributed by atoms with Crippen molar-refractivity contribution < 1.29 is 13.2 Å². The second-order valence-electron chi connectivity index (χ2n) is 4.87. The minimum Gasteiger partial charge on any atom is -0.342 e. The molecule has 0 spiro atoms. The smallest absolute Gasteiger partial charge is 0.237 e. The first-order valence-electron chi connectivity index (χ1n) is 5.94. The van der Waals surface area contributed by atoms with Crippen LogP contribution in [0.3, 0.4) is 0 Å². The lowest BCUT2D eigenvalue weighted by molar-refractivity contribution is -0.129. The molecular formula is C11H22N2O3S. The molecule has 6 heteroatoms. The zero-order valence-corrected chi connectivity index (χ0v) is 11.6. The zero-order valence-electron chi connectivity index (χ0n) is 10.8. The van der Waals surface area contributed by atoms with Crippen LogP contribution in [0.4, 0.5) is 0 Å². The predicted molar refractivity (Wildman–Crippen MR) is 67.6 cm³/mol. The van der Waals surface area contributed by atoms with Gasteiger partial charge >= 0.3 is 0 Å². The predicted octanol–water partition coefficient (Wildman–Crippen LogP) is 0.0200. The third-order valence-electron chi connectivity index (χ3n) is 3.43. The van der Waals surface area contributed by atoms with Gasteiger partial charge in [0.1, 0.15) is 5.75 Å². The first-order chi connectivity index (χ1) is 7.83. The largest absolute Gasteiger partial charge is 0.342 e. The van der Waals surface area contributed by atoms with Gasteiger partial charge in [0, 0.05) is 25.4 Å². The SMILES string of the molecule is CNC1CCC(N(C)C(=O)CS(C)(=O)=O)CC1. The van der Waals surface area contributed by atoms with Gasteiger partial charge in [0.25, 0.3) is 0 Å². The molecule has 0 aromatic rings. The minimum absolute atomic E-state index is 0.189. The molecular weight excluding hydrogens is 240 g/mol. The number of sulfone groups is 1. The number of carbonyl (C=O) groups is 1. The van der Waals surface area contributed by atoms with E-state index < -0.39 is 9.84 Å². The summed E-state index contributed by atoms with van der Waals surface area (Å²) in [7, 11) is 0.428. The van der Waals surface area contributed by atoms with Crippen LogP contribution in [0.5, 0.6) is 0 Å². The van der Waals surface area contributed by atoms with E-state index in [2.05, 4.69) is 5.32 Å². The molecule has 0 atom stereocenters. The lowest BCUT2D eigenvalue weighted by Crippen LogP contribution is -2.44. The number of nitrogens with zero attached hydrogens (tertiary/aromatic N) is 1. The Balaban J connectivity index is 2.48. The van der Waals surface area contributed by atoms with E-state index in [0.717, 1.165) is 31.9 Å². The van der Waals surface area contributed by atoms with Crippen LogP contribution in [0, 0.1) is 0 Å². The Labute approximate surface area is 103 Å². The van der Waals surface area contributed by atoms with Crippen LogP contribution in [0.1, 0.15) is 25.7 Å². The summed E-state index contributed by atoms with van der Waals surface area (Å²) in [5.41, 5.74) is 0. The first-order valence-corrected chi connectivity index (χ1v) is 8.00. The number of hydrogen-bond acceptors (Lipinski definition) is 4. The minimum atomic E-state index is -3.23. The van der Waals surface area contributed by atoms with Gasteiger partial charge in [0.05, 0.1) is 0 Å². The Hall–Kier alpha value is -0.620. The molecule has 17 heavy (non-hydrogen) atoms. The molecule has 0 saturated heterocycles. The average Bonchev–Trinajstić information content (AvgIpc) is 2.26. The fourth-order valence-corrected chi connectivity index (χ4v) is 2.93. The van der Waals surface area contributed by atoms with Gasteiger partial charge < -0.3 is 10.2 Å². The van der Waals surface area contributed by atoms with Gasteiger partial charge in [-0.1, -0.05) is 0 Å². The topological polar surface area (TPSA) is 66.5 Å². The molecule has 1 aliphatic rings. The first kappa shape index (κ1) is 14.4. The lowest BCUT2D eigenvalue weighted by atomic mass is 9.90. The van der Waals surface area contributed by atoms with Crippen LogP contribution in [-0.2, 0) is 14.6 Å². The van der Waals surface area contributed by atoms with Crippen molar-refractivity contribution in [3.63, 3.8) is 0 Å². The van der Waals surface area contributed by atoms with Crippen LogP contribution < -0.4 is 5.32 Å². The normalized spacial score (nSPS) is 25.6. The number of nitrogens with one attached hydrogen (secondary N) is 1. The van der Waals surface area contributed by atoms with E-state index in [1.807, 2.05) is 7.05 Å². The van der Waals surface area contributed by atoms with Crippen molar-refractivity contribution in [3.8, 4) is 0 Å². The highest BCUT2D eigenvalue weighted by atomic mass is 32.2. The van der Waals surface area contributed by atoms with E-state index >= 15 is 0 Å². The van der Waals surface area contributed by atoms with Crippen molar-refractivity contribution in [2.24, 2.45) is 0 Å². The Kier molecular flexibility index (Phi) is 4.94. The number of hydrogen-bond donors (Lipinski definition) is 1. The van der Waals surface area contributed by atoms with E-state index in [0.29, 0.717) is 6.04 Å². The standard InChI is InChI=1S/C11H22N2O3S/c1-12-9-4-6-10(7-5-9)13(2)11(14)8-17(3,15)16/h9-10,12H,4-8H2,1-3H3. The Morgan fingerprint density at radius 3 is 2.24 bits per heavy atom. The van der Waals surface area contributed by atoms with Crippen molar-refractivity contribution >= 4 is 15.7 Å². The molecule has 0 heterocycles. The van der Waals surface area contributed by atoms with E-state index in [1.165, 1.54) is 0 Å². The monoisotopic (exact) mass is 262 g/mol. The second kappa shape index (κ2) is 5.82. The van der Waals surface area contributed by atoms with Gasteiger partial charge in [-0.15, -0.1) is 0 Å². The number of rotatable bonds is 4. The van der Waals surface area contributed by atoms with E-state index in [-0.39, 0.29) is 17.7 Å². The van der Waals surface area contributed by atoms with Gasteiger partial charge in [-0.2, -0.15) is 0 Å². The summed E-state index contributed by atoms with van der Waals surface area (Å²) in [6.07, 6.45) is 5.06. The lowest BCUT2D eigenvalue weighted by Gasteiger charge is -2.34. The van der Waals surface area contributed by atoms with E-state index in [1.54, 1.807) is 11.9 Å². The molecule has 0 aromatic heterocycles. The maximum Gasteiger partial charge on any atom is 0.237 e. The molecule has 1 fully saturated rings. The Morgan fingerprint density at radius 2 is 1.82 bits per heavy atom. The summed E-state index contributed by atoms with van der Waals surface area (Å²) in [5.74, 6) is -0.671. The zero-order chi connectivity index (χ0) is 13.1. The molecule has 0 aromatic carbocycles. The number of amides is 1. The quantitative estimate of drug-likeness (QED) is 0.775. The third-order valence-corrected chi connectivity index (χ3v) is 4.20. The van der Waals surface area contributed by atoms with Crippen molar-refractivity contribution in [2.75, 3.05) is 26.1 Å². The highest BCUT2D eigenvalue weighted by Gasteiger charge is 2.27. The van der Waals surface area contributed by atoms with E-state index in [4.69, 9.17) is 0 Å². The summed E-state index contributed by atoms with van der Waals surface area (Å²) in [6, 6.07) is 0.721. The molecule has 1 rings (SSSR count). The second-order valence-corrected chi connectivity index (χ2v) is 7.01. The van der Waals surface area contributed by atoms with Crippen molar-refractivity contribution in [2.45, 2.75) is 37.8 Å². The van der Waals surface area contributed by atoms with Gasteiger partial charge in [-0.05, 0) is 32.7 Å². The molecule has 0 bridgehead atoms. The average molecular weight is 262 g/mol. The molecule has 0 radical (unpaired) electrons. The molecule has 1 aliphatic carbocycles. The molecule has 1 amide bonds. The van der Waals surface area contributed by atoms with Gasteiger partial charge in [-0.25, -0.2) is 8.42 Å². The highest BCUT2D eigenvalue weighted by Crippen LogP contribution is 2.22. The summed E-state index contributed by atoms with van der Waals surface area (Å²) in [4.78, 5) is 13.3. The van der Waals surface area contributed by atoms with Gasteiger partial charge in [0.15, 0.2) is 9.84 Å². The summed E-state index contributed by atoms with van der Waals surface area (Å²) >= 11 is 0. The fraction of sp³-hybridized carbons (Fsp3) is 0.909. The highest BCUT2D eigenvalue weighted by molar-refractivity contribution is 7.91. The summed E-state index contributed by atoms with van der Waals surface area (Å²) in [5, 5.41) is 3.23. The molecule has 0 aliphatic heterocycles. The molecule has 5 nitrogen and oxygen atoms in total. The molecule has 100 valence electrons. The maximum atomic E-state index is 11.7. The van der Waals surface area contributed by atoms with Crippen LogP contribution in [-0.4, -0.2) is 57.4 Å². The van der Waals surface area contributed by atoms with E-state index in [9.17, 15) is 13.2 Å². The Morgan fingerprint density at radius 1 is 1.29 bits per heavy atom. The van der Waals surface area contributed by atoms with Gasteiger partial charge in [0.2, 0.25) is 5.91 Å². The van der Waals surface area contributed by atoms with Gasteiger partial charge in [-0.3, -0.25) is 4.79 Å². The van der Waals surface area contributed by atoms with Crippen molar-refractivity contribution in [1.29, 1.82) is 0 Å². The number of carbonyl (C=O) groups excluding carboxylic acids is 1. The molecule has 0 unspecified atom stereocenters. The van der Waals surface area contributed by atoms with Crippen molar-refractivity contribution in [1.82, 2.24) is 10.2 Å². The Bertz CT molecular complexity index is 359. The fourth-order valence-electron chi connectivity index (χ4n) is 2.28. The molecule has 1 N–H and O–H groups in total. The van der Waals surface area contributed by atoms with Crippen LogP contribution in [0.15, 0.2) is 0 Å². The van der Waals surface area contributed by atoms with Crippen molar-refractivity contribution in [3.05, 3.63) is 0 Å². The maximum absolute atomic E-state index is 11.7. The van der Waals surface area contributed by atoms with Crippen LogP contribution in [0.25, 0.3) is 0 Å². The van der Waals surface area contributed by atoms with Crippen LogP contribution in [0.2, 0.25) is 0 Å². The summed E-state index contributed by atoms with van der Waals surface area (Å²) in [6.45, 7) is 0. The molecule has 1 saturated carbocycles. The summed E-state index contributed by atoms with van der Waals surface area (Å²) < 4.78 is 22.1. The third kappa shape index (κ3) is 4.63.